The van der Waals surface area contributed by atoms with Gasteiger partial charge in [-0.15, -0.1) is 0 Å². The molecule has 8 N–H and O–H groups in total. The van der Waals surface area contributed by atoms with Crippen LogP contribution in [0.4, 0.5) is 0 Å². The summed E-state index contributed by atoms with van der Waals surface area (Å²) in [7, 11) is -4.13. The molecule has 0 aliphatic rings. The summed E-state index contributed by atoms with van der Waals surface area (Å²) in [5.74, 6) is -2.78. The average molecular weight is 684 g/mol. The van der Waals surface area contributed by atoms with Crippen LogP contribution in [-0.2, 0) is 51.2 Å². The number of ketones is 1. The van der Waals surface area contributed by atoms with Gasteiger partial charge in [-0.2, -0.15) is 0 Å². The third-order valence-electron chi connectivity index (χ3n) is 7.99. The maximum Gasteiger partial charge on any atom is 0.335 e. The van der Waals surface area contributed by atoms with Crippen LogP contribution in [0, 0.1) is 5.41 Å². The monoisotopic (exact) mass is 683 g/mol. The molecule has 49 heavy (non-hydrogen) atoms. The van der Waals surface area contributed by atoms with E-state index < -0.39 is 39.7 Å². The Labute approximate surface area is 286 Å². The molecule has 12 heteroatoms. The topological polar surface area (TPSA) is 206 Å². The van der Waals surface area contributed by atoms with Gasteiger partial charge < -0.3 is 21.9 Å². The lowest BCUT2D eigenvalue weighted by Gasteiger charge is -2.23. The molecule has 0 aliphatic heterocycles. The van der Waals surface area contributed by atoms with Crippen LogP contribution in [0.5, 0.6) is 0 Å². The number of nitrogens with one attached hydrogen (secondary N) is 3. The molecular formula is C37H41N5O6S. The van der Waals surface area contributed by atoms with E-state index in [0.29, 0.717) is 30.5 Å². The maximum atomic E-state index is 13.9. The summed E-state index contributed by atoms with van der Waals surface area (Å²) in [4.78, 5) is 39.1. The quantitative estimate of drug-likeness (QED) is 0.0675. The SMILES string of the molecule is N=C(N)c1ccc(CC(=O)[C@H](Cc2cccc(CN)c2)NC(=O)[C@@H](CCCc2ccccc2)NS(=O)(=O)Cc2cccc(C(=O)O)c2)cc1. The molecule has 11 nitrogen and oxygen atoms in total. The van der Waals surface area contributed by atoms with E-state index in [1.54, 1.807) is 24.3 Å². The van der Waals surface area contributed by atoms with Crippen molar-refractivity contribution in [2.45, 2.75) is 56.5 Å². The molecule has 0 unspecified atom stereocenters. The normalized spacial score (nSPS) is 12.5. The van der Waals surface area contributed by atoms with Crippen LogP contribution in [0.3, 0.4) is 0 Å². The number of carbonyl (C=O) groups excluding carboxylic acids is 2. The summed E-state index contributed by atoms with van der Waals surface area (Å²) in [6, 6.07) is 27.0. The summed E-state index contributed by atoms with van der Waals surface area (Å²) < 4.78 is 29.3. The van der Waals surface area contributed by atoms with Gasteiger partial charge >= 0.3 is 5.97 Å². The molecule has 0 saturated carbocycles. The molecule has 256 valence electrons. The zero-order valence-corrected chi connectivity index (χ0v) is 27.8. The number of amides is 1. The third kappa shape index (κ3) is 11.5. The Morgan fingerprint density at radius 3 is 2.08 bits per heavy atom. The maximum absolute atomic E-state index is 13.9. The fourth-order valence-corrected chi connectivity index (χ4v) is 6.79. The van der Waals surface area contributed by atoms with Crippen LogP contribution in [0.1, 0.15) is 56.6 Å². The number of carboxylic acids is 1. The Balaban J connectivity index is 1.58. The number of sulfonamides is 1. The second-order valence-corrected chi connectivity index (χ2v) is 13.6. The van der Waals surface area contributed by atoms with Gasteiger partial charge in [-0.05, 0) is 65.6 Å². The molecule has 4 aromatic rings. The minimum absolute atomic E-state index is 0.0238. The number of carboxylic acid groups (broad SMARTS) is 1. The fraction of sp³-hybridized carbons (Fsp3) is 0.243. The van der Waals surface area contributed by atoms with Crippen molar-refractivity contribution in [1.82, 2.24) is 10.0 Å². The van der Waals surface area contributed by atoms with E-state index in [0.717, 1.165) is 16.7 Å². The van der Waals surface area contributed by atoms with Crippen LogP contribution in [0.25, 0.3) is 0 Å². The van der Waals surface area contributed by atoms with E-state index in [4.69, 9.17) is 16.9 Å². The molecule has 0 heterocycles. The summed E-state index contributed by atoms with van der Waals surface area (Å²) in [6.07, 6.45) is 1.33. The number of aromatic carboxylic acids is 1. The lowest BCUT2D eigenvalue weighted by molar-refractivity contribution is -0.128. The highest BCUT2D eigenvalue weighted by atomic mass is 32.2. The first kappa shape index (κ1) is 36.7. The number of hydrogen-bond acceptors (Lipinski definition) is 7. The first-order valence-electron chi connectivity index (χ1n) is 15.8. The number of nitrogens with two attached hydrogens (primary N) is 2. The van der Waals surface area contributed by atoms with Crippen molar-refractivity contribution >= 4 is 33.5 Å². The number of benzene rings is 4. The van der Waals surface area contributed by atoms with Crippen molar-refractivity contribution in [2.75, 3.05) is 0 Å². The first-order chi connectivity index (χ1) is 23.4. The number of carbonyl (C=O) groups is 3. The van der Waals surface area contributed by atoms with Crippen molar-refractivity contribution in [3.63, 3.8) is 0 Å². The number of nitrogen functional groups attached to an aromatic ring is 1. The summed E-state index contributed by atoms with van der Waals surface area (Å²) in [5.41, 5.74) is 15.4. The Morgan fingerprint density at radius 2 is 1.41 bits per heavy atom. The van der Waals surface area contributed by atoms with Crippen molar-refractivity contribution < 1.29 is 27.9 Å². The van der Waals surface area contributed by atoms with Gasteiger partial charge in [-0.1, -0.05) is 91.0 Å². The standard InChI is InChI=1S/C37H41N5O6S/c38-23-28-11-4-10-27(19-28)21-33(34(43)22-26-15-17-30(18-16-26)35(39)40)41-36(44)32(14-6-9-25-7-2-1-3-8-25)42-49(47,48)24-29-12-5-13-31(20-29)37(45)46/h1-5,7-8,10-13,15-20,32-33,42H,6,9,14,21-24,38H2,(H3,39,40)(H,41,44)(H,45,46)/t32-,33+/m1/s1. The Kier molecular flexibility index (Phi) is 12.9. The van der Waals surface area contributed by atoms with Crippen molar-refractivity contribution in [3.8, 4) is 0 Å². The highest BCUT2D eigenvalue weighted by Gasteiger charge is 2.29. The highest BCUT2D eigenvalue weighted by molar-refractivity contribution is 7.88. The molecule has 2 atom stereocenters. The average Bonchev–Trinajstić information content (AvgIpc) is 3.08. The van der Waals surface area contributed by atoms with E-state index in [2.05, 4.69) is 10.0 Å². The molecule has 0 fully saturated rings. The Hall–Kier alpha value is -5.17. The second kappa shape index (κ2) is 17.3. The Morgan fingerprint density at radius 1 is 0.755 bits per heavy atom. The lowest BCUT2D eigenvalue weighted by Crippen LogP contribution is -2.52. The van der Waals surface area contributed by atoms with Gasteiger partial charge in [-0.3, -0.25) is 15.0 Å². The molecule has 1 amide bonds. The smallest absolute Gasteiger partial charge is 0.335 e. The molecular weight excluding hydrogens is 643 g/mol. The van der Waals surface area contributed by atoms with Crippen molar-refractivity contribution in [3.05, 3.63) is 142 Å². The minimum atomic E-state index is -4.13. The Bertz CT molecular complexity index is 1880. The summed E-state index contributed by atoms with van der Waals surface area (Å²) >= 11 is 0. The van der Waals surface area contributed by atoms with Gasteiger partial charge in [0.15, 0.2) is 5.78 Å². The van der Waals surface area contributed by atoms with E-state index in [1.165, 1.54) is 24.3 Å². The van der Waals surface area contributed by atoms with Gasteiger partial charge in [0.25, 0.3) is 0 Å². The molecule has 0 aromatic heterocycles. The van der Waals surface area contributed by atoms with Crippen LogP contribution in [-0.4, -0.2) is 49.1 Å². The number of hydrogen-bond donors (Lipinski definition) is 6. The van der Waals surface area contributed by atoms with Crippen LogP contribution in [0.2, 0.25) is 0 Å². The fourth-order valence-electron chi connectivity index (χ4n) is 5.43. The van der Waals surface area contributed by atoms with E-state index in [9.17, 15) is 27.9 Å². The number of Topliss-reactive ketones (excluding diaryl/α,β-unsaturated/α-hetero) is 1. The van der Waals surface area contributed by atoms with Crippen LogP contribution < -0.4 is 21.5 Å². The highest BCUT2D eigenvalue weighted by Crippen LogP contribution is 2.15. The largest absolute Gasteiger partial charge is 0.478 e. The summed E-state index contributed by atoms with van der Waals surface area (Å²) in [5, 5.41) is 19.8. The first-order valence-corrected chi connectivity index (χ1v) is 17.5. The minimum Gasteiger partial charge on any atom is -0.478 e. The molecule has 0 bridgehead atoms. The third-order valence-corrected chi connectivity index (χ3v) is 9.34. The lowest BCUT2D eigenvalue weighted by atomic mass is 9.95. The number of aryl methyl sites for hydroxylation is 1. The van der Waals surface area contributed by atoms with E-state index in [-0.39, 0.29) is 42.0 Å². The van der Waals surface area contributed by atoms with Crippen molar-refractivity contribution in [2.24, 2.45) is 11.5 Å². The van der Waals surface area contributed by atoms with Gasteiger partial charge in [0, 0.05) is 18.5 Å². The summed E-state index contributed by atoms with van der Waals surface area (Å²) in [6.45, 7) is 0.294. The second-order valence-electron chi connectivity index (χ2n) is 11.9. The molecule has 0 radical (unpaired) electrons. The predicted octanol–water partition coefficient (Wildman–Crippen LogP) is 3.48. The van der Waals surface area contributed by atoms with E-state index >= 15 is 0 Å². The molecule has 4 rings (SSSR count). The van der Waals surface area contributed by atoms with Crippen LogP contribution >= 0.6 is 0 Å². The van der Waals surface area contributed by atoms with E-state index in [1.807, 2.05) is 54.6 Å². The van der Waals surface area contributed by atoms with Crippen LogP contribution in [0.15, 0.2) is 103 Å². The molecule has 0 spiro atoms. The van der Waals surface area contributed by atoms with Gasteiger partial charge in [0.05, 0.1) is 17.4 Å². The number of rotatable bonds is 18. The molecule has 4 aromatic carbocycles. The molecule has 0 saturated heterocycles. The zero-order chi connectivity index (χ0) is 35.4. The van der Waals surface area contributed by atoms with Gasteiger partial charge in [0.1, 0.15) is 11.9 Å². The van der Waals surface area contributed by atoms with Crippen molar-refractivity contribution in [1.29, 1.82) is 5.41 Å². The van der Waals surface area contributed by atoms with Gasteiger partial charge in [0.2, 0.25) is 15.9 Å². The van der Waals surface area contributed by atoms with Gasteiger partial charge in [-0.25, -0.2) is 17.9 Å². The molecule has 0 aliphatic carbocycles. The number of amidine groups is 1. The predicted molar refractivity (Wildman–Crippen MR) is 188 cm³/mol. The zero-order valence-electron chi connectivity index (χ0n) is 27.0.